The van der Waals surface area contributed by atoms with Gasteiger partial charge < -0.3 is 0 Å². The summed E-state index contributed by atoms with van der Waals surface area (Å²) in [5, 5.41) is 0. The first kappa shape index (κ1) is 14.4. The molecule has 0 N–H and O–H groups in total. The molecule has 19 heavy (non-hydrogen) atoms. The lowest BCUT2D eigenvalue weighted by Gasteiger charge is -2.13. The Labute approximate surface area is 113 Å². The van der Waals surface area contributed by atoms with Gasteiger partial charge in [0.15, 0.2) is 0 Å². The molecule has 106 valence electrons. The van der Waals surface area contributed by atoms with Crippen molar-refractivity contribution < 1.29 is 13.2 Å². The zero-order chi connectivity index (χ0) is 13.7. The SMILES string of the molecule is FC(F)(F)CCc1ccccc1CCC1CCCC1. The molecule has 1 aliphatic rings. The second-order valence-electron chi connectivity index (χ2n) is 5.57. The molecule has 0 nitrogen and oxygen atoms in total. The number of aryl methyl sites for hydroxylation is 2. The van der Waals surface area contributed by atoms with Crippen LogP contribution in [0.15, 0.2) is 24.3 Å². The molecule has 0 amide bonds. The van der Waals surface area contributed by atoms with Gasteiger partial charge in [0.25, 0.3) is 0 Å². The molecule has 0 aliphatic heterocycles. The van der Waals surface area contributed by atoms with Crippen molar-refractivity contribution in [2.24, 2.45) is 5.92 Å². The Morgan fingerprint density at radius 3 is 2.11 bits per heavy atom. The van der Waals surface area contributed by atoms with E-state index in [1.807, 2.05) is 24.3 Å². The summed E-state index contributed by atoms with van der Waals surface area (Å²) in [6.07, 6.45) is 2.63. The first-order valence-electron chi connectivity index (χ1n) is 7.18. The summed E-state index contributed by atoms with van der Waals surface area (Å²) in [7, 11) is 0. The Morgan fingerprint density at radius 1 is 0.947 bits per heavy atom. The second kappa shape index (κ2) is 6.44. The van der Waals surface area contributed by atoms with Crippen molar-refractivity contribution >= 4 is 0 Å². The van der Waals surface area contributed by atoms with E-state index in [4.69, 9.17) is 0 Å². The van der Waals surface area contributed by atoms with E-state index >= 15 is 0 Å². The molecule has 0 saturated heterocycles. The fourth-order valence-electron chi connectivity index (χ4n) is 2.98. The molecule has 2 rings (SSSR count). The second-order valence-corrected chi connectivity index (χ2v) is 5.57. The molecule has 0 atom stereocenters. The predicted molar refractivity (Wildman–Crippen MR) is 71.1 cm³/mol. The van der Waals surface area contributed by atoms with Gasteiger partial charge in [0, 0.05) is 6.42 Å². The maximum absolute atomic E-state index is 12.3. The summed E-state index contributed by atoms with van der Waals surface area (Å²) in [4.78, 5) is 0. The first-order chi connectivity index (χ1) is 9.04. The van der Waals surface area contributed by atoms with Crippen LogP contribution in [0, 0.1) is 5.92 Å². The number of halogens is 3. The molecule has 0 heterocycles. The minimum Gasteiger partial charge on any atom is -0.171 e. The molecule has 0 radical (unpaired) electrons. The largest absolute Gasteiger partial charge is 0.389 e. The first-order valence-corrected chi connectivity index (χ1v) is 7.18. The summed E-state index contributed by atoms with van der Waals surface area (Å²) >= 11 is 0. The van der Waals surface area contributed by atoms with Crippen LogP contribution in [0.5, 0.6) is 0 Å². The number of rotatable bonds is 5. The van der Waals surface area contributed by atoms with Gasteiger partial charge in [-0.2, -0.15) is 13.2 Å². The van der Waals surface area contributed by atoms with Gasteiger partial charge in [-0.15, -0.1) is 0 Å². The third-order valence-electron chi connectivity index (χ3n) is 4.09. The van der Waals surface area contributed by atoms with Gasteiger partial charge in [-0.05, 0) is 36.3 Å². The quantitative estimate of drug-likeness (QED) is 0.680. The van der Waals surface area contributed by atoms with Crippen LogP contribution in [-0.4, -0.2) is 6.18 Å². The van der Waals surface area contributed by atoms with E-state index in [1.165, 1.54) is 25.7 Å². The van der Waals surface area contributed by atoms with E-state index in [2.05, 4.69) is 0 Å². The molecule has 1 aromatic rings. The zero-order valence-corrected chi connectivity index (χ0v) is 11.2. The normalized spacial score (nSPS) is 17.0. The van der Waals surface area contributed by atoms with Gasteiger partial charge in [0.2, 0.25) is 0 Å². The molecule has 3 heteroatoms. The van der Waals surface area contributed by atoms with Crippen LogP contribution >= 0.6 is 0 Å². The van der Waals surface area contributed by atoms with E-state index in [0.29, 0.717) is 0 Å². The average Bonchev–Trinajstić information content (AvgIpc) is 2.87. The fraction of sp³-hybridized carbons (Fsp3) is 0.625. The molecule has 1 saturated carbocycles. The lowest BCUT2D eigenvalue weighted by Crippen LogP contribution is -2.09. The van der Waals surface area contributed by atoms with Gasteiger partial charge in [0.1, 0.15) is 0 Å². The molecule has 1 aromatic carbocycles. The molecule has 0 spiro atoms. The lowest BCUT2D eigenvalue weighted by molar-refractivity contribution is -0.134. The number of benzene rings is 1. The van der Waals surface area contributed by atoms with Crippen molar-refractivity contribution in [2.75, 3.05) is 0 Å². The molecule has 0 aromatic heterocycles. The van der Waals surface area contributed by atoms with Crippen molar-refractivity contribution in [3.63, 3.8) is 0 Å². The van der Waals surface area contributed by atoms with Gasteiger partial charge in [-0.25, -0.2) is 0 Å². The summed E-state index contributed by atoms with van der Waals surface area (Å²) in [6, 6.07) is 7.60. The van der Waals surface area contributed by atoms with Crippen molar-refractivity contribution in [2.45, 2.75) is 57.5 Å². The monoisotopic (exact) mass is 270 g/mol. The molecular weight excluding hydrogens is 249 g/mol. The Balaban J connectivity index is 1.91. The fourth-order valence-corrected chi connectivity index (χ4v) is 2.98. The van der Waals surface area contributed by atoms with Crippen molar-refractivity contribution in [1.29, 1.82) is 0 Å². The van der Waals surface area contributed by atoms with Crippen LogP contribution in [0.4, 0.5) is 13.2 Å². The molecule has 1 aliphatic carbocycles. The minimum absolute atomic E-state index is 0.115. The highest BCUT2D eigenvalue weighted by molar-refractivity contribution is 5.27. The Hall–Kier alpha value is -0.990. The van der Waals surface area contributed by atoms with E-state index in [1.54, 1.807) is 0 Å². The number of alkyl halides is 3. The zero-order valence-electron chi connectivity index (χ0n) is 11.2. The van der Waals surface area contributed by atoms with Crippen molar-refractivity contribution in [1.82, 2.24) is 0 Å². The maximum Gasteiger partial charge on any atom is 0.389 e. The van der Waals surface area contributed by atoms with E-state index < -0.39 is 12.6 Å². The van der Waals surface area contributed by atoms with Crippen LogP contribution in [0.2, 0.25) is 0 Å². The molecule has 0 unspecified atom stereocenters. The van der Waals surface area contributed by atoms with Crippen LogP contribution in [0.25, 0.3) is 0 Å². The van der Waals surface area contributed by atoms with Gasteiger partial charge in [-0.1, -0.05) is 49.9 Å². The van der Waals surface area contributed by atoms with Gasteiger partial charge in [0.05, 0.1) is 0 Å². The van der Waals surface area contributed by atoms with Crippen LogP contribution in [-0.2, 0) is 12.8 Å². The molecular formula is C16H21F3. The molecule has 0 bridgehead atoms. The van der Waals surface area contributed by atoms with Crippen LogP contribution < -0.4 is 0 Å². The summed E-state index contributed by atoms with van der Waals surface area (Å²) < 4.78 is 36.9. The maximum atomic E-state index is 12.3. The Morgan fingerprint density at radius 2 is 1.53 bits per heavy atom. The standard InChI is InChI=1S/C16H21F3/c17-16(18,19)12-11-15-8-4-3-7-14(15)10-9-13-5-1-2-6-13/h3-4,7-8,13H,1-2,5-6,9-12H2. The van der Waals surface area contributed by atoms with Gasteiger partial charge in [-0.3, -0.25) is 0 Å². The summed E-state index contributed by atoms with van der Waals surface area (Å²) in [6.45, 7) is 0. The smallest absolute Gasteiger partial charge is 0.171 e. The third-order valence-corrected chi connectivity index (χ3v) is 4.09. The third kappa shape index (κ3) is 4.88. The van der Waals surface area contributed by atoms with Gasteiger partial charge >= 0.3 is 6.18 Å². The van der Waals surface area contributed by atoms with Crippen molar-refractivity contribution in [3.05, 3.63) is 35.4 Å². The Bertz CT molecular complexity index is 389. The van der Waals surface area contributed by atoms with Crippen LogP contribution in [0.3, 0.4) is 0 Å². The highest BCUT2D eigenvalue weighted by Crippen LogP contribution is 2.30. The molecule has 1 fully saturated rings. The summed E-state index contributed by atoms with van der Waals surface area (Å²) in [5.41, 5.74) is 1.98. The average molecular weight is 270 g/mol. The predicted octanol–water partition coefficient (Wildman–Crippen LogP) is 5.30. The van der Waals surface area contributed by atoms with E-state index in [9.17, 15) is 13.2 Å². The van der Waals surface area contributed by atoms with Crippen LogP contribution in [0.1, 0.15) is 49.7 Å². The topological polar surface area (TPSA) is 0 Å². The lowest BCUT2D eigenvalue weighted by atomic mass is 9.94. The summed E-state index contributed by atoms with van der Waals surface area (Å²) in [5.74, 6) is 0.788. The highest BCUT2D eigenvalue weighted by atomic mass is 19.4. The van der Waals surface area contributed by atoms with E-state index in [-0.39, 0.29) is 6.42 Å². The minimum atomic E-state index is -4.06. The van der Waals surface area contributed by atoms with Crippen molar-refractivity contribution in [3.8, 4) is 0 Å². The van der Waals surface area contributed by atoms with E-state index in [0.717, 1.165) is 29.9 Å². The Kier molecular flexibility index (Phi) is 4.89. The number of hydrogen-bond donors (Lipinski definition) is 0. The number of hydrogen-bond acceptors (Lipinski definition) is 0. The highest BCUT2D eigenvalue weighted by Gasteiger charge is 2.26.